The molecule has 0 amide bonds. The molecular formula is C13H13NO2. The smallest absolute Gasteiger partial charge is 0.188 e. The van der Waals surface area contributed by atoms with E-state index in [-0.39, 0.29) is 19.0 Å². The lowest BCUT2D eigenvalue weighted by atomic mass is 9.79. The lowest BCUT2D eigenvalue weighted by Gasteiger charge is -2.33. The number of aryl methyl sites for hydroxylation is 2. The van der Waals surface area contributed by atoms with Gasteiger partial charge in [-0.3, -0.25) is 4.79 Å². The van der Waals surface area contributed by atoms with Crippen LogP contribution in [0.5, 0.6) is 0 Å². The molecule has 0 atom stereocenters. The monoisotopic (exact) mass is 215 g/mol. The maximum absolute atomic E-state index is 12.2. The number of carbonyl (C=O) groups excluding carboxylic acids is 1. The molecule has 1 heterocycles. The molecule has 0 aliphatic carbocycles. The maximum Gasteiger partial charge on any atom is 0.188 e. The summed E-state index contributed by atoms with van der Waals surface area (Å²) in [6, 6.07) is 7.73. The van der Waals surface area contributed by atoms with E-state index in [2.05, 4.69) is 6.07 Å². The maximum atomic E-state index is 12.2. The number of hydrogen-bond donors (Lipinski definition) is 0. The number of Topliss-reactive ketones (excluding diaryl/α,β-unsaturated/α-hetero) is 1. The van der Waals surface area contributed by atoms with Gasteiger partial charge in [0, 0.05) is 5.56 Å². The van der Waals surface area contributed by atoms with E-state index in [9.17, 15) is 4.79 Å². The number of nitriles is 1. The van der Waals surface area contributed by atoms with Gasteiger partial charge in [0.2, 0.25) is 0 Å². The first-order valence-corrected chi connectivity index (χ1v) is 5.20. The van der Waals surface area contributed by atoms with E-state index in [1.807, 2.05) is 26.0 Å². The van der Waals surface area contributed by atoms with Crippen LogP contribution in [0.4, 0.5) is 0 Å². The van der Waals surface area contributed by atoms with Crippen LogP contribution in [0.2, 0.25) is 0 Å². The van der Waals surface area contributed by atoms with Gasteiger partial charge in [0.25, 0.3) is 0 Å². The third-order valence-electron chi connectivity index (χ3n) is 2.97. The largest absolute Gasteiger partial charge is 0.377 e. The van der Waals surface area contributed by atoms with Crippen molar-refractivity contribution in [1.82, 2.24) is 0 Å². The van der Waals surface area contributed by atoms with Crippen LogP contribution in [-0.2, 0) is 4.74 Å². The molecule has 1 fully saturated rings. The fourth-order valence-electron chi connectivity index (χ4n) is 1.88. The molecule has 0 spiro atoms. The highest BCUT2D eigenvalue weighted by molar-refractivity contribution is 6.04. The first kappa shape index (κ1) is 10.8. The predicted octanol–water partition coefficient (Wildman–Crippen LogP) is 2.03. The highest BCUT2D eigenvalue weighted by atomic mass is 16.5. The Labute approximate surface area is 94.6 Å². The van der Waals surface area contributed by atoms with Gasteiger partial charge >= 0.3 is 0 Å². The van der Waals surface area contributed by atoms with Crippen LogP contribution < -0.4 is 0 Å². The van der Waals surface area contributed by atoms with Crippen LogP contribution in [0, 0.1) is 30.6 Å². The third kappa shape index (κ3) is 1.52. The highest BCUT2D eigenvalue weighted by Crippen LogP contribution is 2.32. The molecule has 0 radical (unpaired) electrons. The average Bonchev–Trinajstić information content (AvgIpc) is 2.16. The first-order valence-electron chi connectivity index (χ1n) is 5.20. The van der Waals surface area contributed by atoms with Gasteiger partial charge in [-0.05, 0) is 19.4 Å². The summed E-state index contributed by atoms with van der Waals surface area (Å²) in [4.78, 5) is 12.2. The summed E-state index contributed by atoms with van der Waals surface area (Å²) in [6.45, 7) is 4.31. The number of rotatable bonds is 2. The fraction of sp³-hybridized carbons (Fsp3) is 0.385. The van der Waals surface area contributed by atoms with Crippen molar-refractivity contribution in [1.29, 1.82) is 5.26 Å². The molecule has 3 nitrogen and oxygen atoms in total. The third-order valence-corrected chi connectivity index (χ3v) is 2.97. The quantitative estimate of drug-likeness (QED) is 0.709. The number of hydrogen-bond acceptors (Lipinski definition) is 3. The van der Waals surface area contributed by atoms with Gasteiger partial charge in [-0.15, -0.1) is 0 Å². The van der Waals surface area contributed by atoms with Crippen LogP contribution in [0.15, 0.2) is 18.2 Å². The minimum absolute atomic E-state index is 0.112. The van der Waals surface area contributed by atoms with Crippen LogP contribution in [0.25, 0.3) is 0 Å². The Hall–Kier alpha value is -1.66. The number of carbonyl (C=O) groups is 1. The summed E-state index contributed by atoms with van der Waals surface area (Å²) in [5, 5.41) is 9.06. The molecule has 0 N–H and O–H groups in total. The Kier molecular flexibility index (Phi) is 2.53. The van der Waals surface area contributed by atoms with Gasteiger partial charge in [0.1, 0.15) is 0 Å². The molecule has 1 aromatic rings. The van der Waals surface area contributed by atoms with Gasteiger partial charge in [-0.2, -0.15) is 5.26 Å². The Balaban J connectivity index is 2.38. The molecule has 0 bridgehead atoms. The normalized spacial score (nSPS) is 17.3. The van der Waals surface area contributed by atoms with Crippen LogP contribution >= 0.6 is 0 Å². The Morgan fingerprint density at radius 2 is 2.12 bits per heavy atom. The second-order valence-electron chi connectivity index (χ2n) is 4.33. The molecule has 0 unspecified atom stereocenters. The van der Waals surface area contributed by atoms with Crippen molar-refractivity contribution in [3.63, 3.8) is 0 Å². The lowest BCUT2D eigenvalue weighted by molar-refractivity contribution is -0.0566. The van der Waals surface area contributed by atoms with Gasteiger partial charge in [-0.1, -0.05) is 23.8 Å². The average molecular weight is 215 g/mol. The SMILES string of the molecule is Cc1ccc(C(=O)C2(C#N)COC2)c(C)c1. The summed E-state index contributed by atoms with van der Waals surface area (Å²) in [5.74, 6) is -0.112. The standard InChI is InChI=1S/C13H13NO2/c1-9-3-4-11(10(2)5-9)12(15)13(6-14)7-16-8-13/h3-5H,7-8H2,1-2H3. The fourth-order valence-corrected chi connectivity index (χ4v) is 1.88. The molecule has 0 aromatic heterocycles. The molecular weight excluding hydrogens is 202 g/mol. The van der Waals surface area contributed by atoms with Crippen LogP contribution in [-0.4, -0.2) is 19.0 Å². The summed E-state index contributed by atoms with van der Waals surface area (Å²) in [5.41, 5.74) is 1.73. The second-order valence-corrected chi connectivity index (χ2v) is 4.33. The van der Waals surface area contributed by atoms with E-state index in [1.165, 1.54) is 0 Å². The zero-order valence-electron chi connectivity index (χ0n) is 9.41. The van der Waals surface area contributed by atoms with E-state index in [1.54, 1.807) is 6.07 Å². The Bertz CT molecular complexity index is 481. The van der Waals surface area contributed by atoms with E-state index in [0.717, 1.165) is 11.1 Å². The van der Waals surface area contributed by atoms with E-state index >= 15 is 0 Å². The first-order chi connectivity index (χ1) is 7.59. The Morgan fingerprint density at radius 1 is 1.44 bits per heavy atom. The van der Waals surface area contributed by atoms with Crippen LogP contribution in [0.1, 0.15) is 21.5 Å². The molecule has 16 heavy (non-hydrogen) atoms. The molecule has 1 saturated heterocycles. The van der Waals surface area contributed by atoms with Crippen molar-refractivity contribution in [3.8, 4) is 6.07 Å². The molecule has 0 saturated carbocycles. The van der Waals surface area contributed by atoms with Crippen molar-refractivity contribution < 1.29 is 9.53 Å². The topological polar surface area (TPSA) is 50.1 Å². The molecule has 82 valence electrons. The minimum Gasteiger partial charge on any atom is -0.377 e. The summed E-state index contributed by atoms with van der Waals surface area (Å²) >= 11 is 0. The van der Waals surface area contributed by atoms with E-state index in [0.29, 0.717) is 5.56 Å². The zero-order chi connectivity index (χ0) is 11.8. The van der Waals surface area contributed by atoms with Gasteiger partial charge in [0.15, 0.2) is 11.2 Å². The Morgan fingerprint density at radius 3 is 2.56 bits per heavy atom. The second kappa shape index (κ2) is 3.73. The summed E-state index contributed by atoms with van der Waals surface area (Å²) < 4.78 is 4.99. The molecule has 1 aliphatic rings. The number of benzene rings is 1. The van der Waals surface area contributed by atoms with Crippen molar-refractivity contribution >= 4 is 5.78 Å². The number of nitrogens with zero attached hydrogens (tertiary/aromatic N) is 1. The molecule has 1 aromatic carbocycles. The number of ether oxygens (including phenoxy) is 1. The molecule has 1 aliphatic heterocycles. The highest BCUT2D eigenvalue weighted by Gasteiger charge is 2.47. The minimum atomic E-state index is -0.944. The molecule has 3 heteroatoms. The van der Waals surface area contributed by atoms with Crippen molar-refractivity contribution in [2.45, 2.75) is 13.8 Å². The van der Waals surface area contributed by atoms with Gasteiger partial charge < -0.3 is 4.74 Å². The van der Waals surface area contributed by atoms with Crippen LogP contribution in [0.3, 0.4) is 0 Å². The van der Waals surface area contributed by atoms with E-state index in [4.69, 9.17) is 10.00 Å². The summed E-state index contributed by atoms with van der Waals surface area (Å²) in [7, 11) is 0. The van der Waals surface area contributed by atoms with Gasteiger partial charge in [-0.25, -0.2) is 0 Å². The number of ketones is 1. The van der Waals surface area contributed by atoms with Crippen molar-refractivity contribution in [3.05, 3.63) is 34.9 Å². The molecule has 2 rings (SSSR count). The predicted molar refractivity (Wildman–Crippen MR) is 59.1 cm³/mol. The van der Waals surface area contributed by atoms with E-state index < -0.39 is 5.41 Å². The van der Waals surface area contributed by atoms with Crippen molar-refractivity contribution in [2.75, 3.05) is 13.2 Å². The van der Waals surface area contributed by atoms with Crippen molar-refractivity contribution in [2.24, 2.45) is 5.41 Å². The van der Waals surface area contributed by atoms with Gasteiger partial charge in [0.05, 0.1) is 19.3 Å². The summed E-state index contributed by atoms with van der Waals surface area (Å²) in [6.07, 6.45) is 0. The zero-order valence-corrected chi connectivity index (χ0v) is 9.41. The lowest BCUT2D eigenvalue weighted by Crippen LogP contribution is -2.48.